The first kappa shape index (κ1) is 24.3. The lowest BCUT2D eigenvalue weighted by molar-refractivity contribution is 0.350. The highest BCUT2D eigenvalue weighted by atomic mass is 32.4. The molecule has 0 fully saturated rings. The maximum atomic E-state index is 11.7. The van der Waals surface area contributed by atoms with E-state index in [0.717, 1.165) is 11.3 Å². The molecule has 2 aromatic rings. The highest BCUT2D eigenvalue weighted by molar-refractivity contribution is 8.02. The molecule has 0 aliphatic carbocycles. The van der Waals surface area contributed by atoms with Gasteiger partial charge in [-0.3, -0.25) is 9.88 Å². The first-order valence-corrected chi connectivity index (χ1v) is 13.0. The Labute approximate surface area is 181 Å². The molecule has 0 bridgehead atoms. The second kappa shape index (κ2) is 11.4. The Morgan fingerprint density at radius 2 is 1.83 bits per heavy atom. The first-order valence-electron chi connectivity index (χ1n) is 8.87. The molecule has 8 nitrogen and oxygen atoms in total. The Bertz CT molecular complexity index is 932. The van der Waals surface area contributed by atoms with E-state index in [4.69, 9.17) is 21.1 Å². The van der Waals surface area contributed by atoms with Gasteiger partial charge in [-0.15, -0.1) is 6.58 Å². The number of rotatable bonds is 11. The zero-order valence-corrected chi connectivity index (χ0v) is 19.3. The summed E-state index contributed by atoms with van der Waals surface area (Å²) in [6, 6.07) is 13.9. The molecular formula is C19H25N3O5P2S. The third kappa shape index (κ3) is 7.36. The molecule has 0 radical (unpaired) electrons. The summed E-state index contributed by atoms with van der Waals surface area (Å²) in [7, 11) is -2.90. The predicted octanol–water partition coefficient (Wildman–Crippen LogP) is 3.50. The maximum Gasteiger partial charge on any atom is 0.346 e. The Balaban J connectivity index is 2.01. The zero-order valence-electron chi connectivity index (χ0n) is 16.6. The van der Waals surface area contributed by atoms with E-state index in [1.807, 2.05) is 24.3 Å². The van der Waals surface area contributed by atoms with Crippen LogP contribution in [0.15, 0.2) is 66.3 Å². The van der Waals surface area contributed by atoms with Crippen LogP contribution in [0.2, 0.25) is 0 Å². The van der Waals surface area contributed by atoms with Gasteiger partial charge in [0, 0.05) is 13.6 Å². The fraction of sp³-hybridized carbons (Fsp3) is 0.211. The van der Waals surface area contributed by atoms with Gasteiger partial charge in [-0.2, -0.15) is 5.10 Å². The molecule has 0 aromatic heterocycles. The number of hydrogen-bond donors (Lipinski definition) is 3. The summed E-state index contributed by atoms with van der Waals surface area (Å²) < 4.78 is 24.2. The number of ether oxygens (including phenoxy) is 1. The molecule has 2 rings (SSSR count). The third-order valence-corrected chi connectivity index (χ3v) is 7.20. The van der Waals surface area contributed by atoms with E-state index >= 15 is 0 Å². The minimum absolute atomic E-state index is 0.268. The molecule has 162 valence electrons. The molecule has 2 unspecified atom stereocenters. The highest BCUT2D eigenvalue weighted by Gasteiger charge is 2.29. The SMILES string of the molecule is C=CCNC(c1ccc(O[PH](=S)N(C)/N=C/c2ccc(OC)cc2)cc1)P(=O)(O)O. The van der Waals surface area contributed by atoms with Gasteiger partial charge in [0.05, 0.1) is 13.3 Å². The summed E-state index contributed by atoms with van der Waals surface area (Å²) in [5, 5.41) is 7.09. The van der Waals surface area contributed by atoms with Crippen molar-refractivity contribution in [2.45, 2.75) is 5.78 Å². The second-order valence-electron chi connectivity index (χ2n) is 6.17. The number of methoxy groups -OCH3 is 1. The summed E-state index contributed by atoms with van der Waals surface area (Å²) in [5.74, 6) is 0.151. The summed E-state index contributed by atoms with van der Waals surface area (Å²) in [6.07, 6.45) is 3.22. The van der Waals surface area contributed by atoms with Crippen molar-refractivity contribution in [1.82, 2.24) is 10.1 Å². The molecule has 11 heteroatoms. The molecule has 2 atom stereocenters. The first-order chi connectivity index (χ1) is 14.2. The van der Waals surface area contributed by atoms with Crippen molar-refractivity contribution in [1.29, 1.82) is 0 Å². The van der Waals surface area contributed by atoms with E-state index in [2.05, 4.69) is 17.0 Å². The summed E-state index contributed by atoms with van der Waals surface area (Å²) in [6.45, 7) is 3.82. The molecule has 0 amide bonds. The van der Waals surface area contributed by atoms with Crippen molar-refractivity contribution in [2.24, 2.45) is 5.10 Å². The molecule has 0 aliphatic rings. The molecule has 2 aromatic carbocycles. The van der Waals surface area contributed by atoms with E-state index < -0.39 is 20.5 Å². The van der Waals surface area contributed by atoms with Crippen molar-refractivity contribution in [3.63, 3.8) is 0 Å². The molecule has 3 N–H and O–H groups in total. The van der Waals surface area contributed by atoms with Gasteiger partial charge >= 0.3 is 7.60 Å². The molecular weight excluding hydrogens is 444 g/mol. The lowest BCUT2D eigenvalue weighted by Crippen LogP contribution is -2.21. The molecule has 0 saturated heterocycles. The average molecular weight is 469 g/mol. The van der Waals surface area contributed by atoms with Crippen LogP contribution in [-0.2, 0) is 16.4 Å². The second-order valence-corrected chi connectivity index (χ2v) is 10.3. The fourth-order valence-electron chi connectivity index (χ4n) is 2.40. The van der Waals surface area contributed by atoms with Gasteiger partial charge in [0.25, 0.3) is 0 Å². The van der Waals surface area contributed by atoms with Gasteiger partial charge in [0.15, 0.2) is 0 Å². The summed E-state index contributed by atoms with van der Waals surface area (Å²) in [5.41, 5.74) is 1.34. The number of nitrogens with zero attached hydrogens (tertiary/aromatic N) is 2. The van der Waals surface area contributed by atoms with Crippen LogP contribution in [0.5, 0.6) is 11.5 Å². The lowest BCUT2D eigenvalue weighted by atomic mass is 10.2. The van der Waals surface area contributed by atoms with Crippen molar-refractivity contribution in [2.75, 3.05) is 20.7 Å². The van der Waals surface area contributed by atoms with Gasteiger partial charge in [0.1, 0.15) is 17.3 Å². The number of hydrogen-bond acceptors (Lipinski definition) is 6. The van der Waals surface area contributed by atoms with Crippen LogP contribution >= 0.6 is 14.7 Å². The zero-order chi connectivity index (χ0) is 22.1. The maximum absolute atomic E-state index is 11.7. The lowest BCUT2D eigenvalue weighted by Gasteiger charge is -2.20. The average Bonchev–Trinajstić information content (AvgIpc) is 2.72. The third-order valence-electron chi connectivity index (χ3n) is 3.95. The van der Waals surface area contributed by atoms with Gasteiger partial charge in [-0.25, -0.2) is 4.78 Å². The normalized spacial score (nSPS) is 13.6. The van der Waals surface area contributed by atoms with E-state index in [1.165, 1.54) is 6.08 Å². The molecule has 0 saturated carbocycles. The summed E-state index contributed by atoms with van der Waals surface area (Å²) >= 11 is 5.42. The summed E-state index contributed by atoms with van der Waals surface area (Å²) in [4.78, 5) is 19.1. The quantitative estimate of drug-likeness (QED) is 0.199. The van der Waals surface area contributed by atoms with E-state index in [0.29, 0.717) is 11.3 Å². The van der Waals surface area contributed by atoms with E-state index in [-0.39, 0.29) is 6.54 Å². The van der Waals surface area contributed by atoms with Gasteiger partial charge in [-0.1, -0.05) is 18.2 Å². The van der Waals surface area contributed by atoms with Crippen LogP contribution in [0, 0.1) is 0 Å². The van der Waals surface area contributed by atoms with E-state index in [1.54, 1.807) is 49.4 Å². The smallest absolute Gasteiger partial charge is 0.346 e. The monoisotopic (exact) mass is 469 g/mol. The van der Waals surface area contributed by atoms with Crippen molar-refractivity contribution in [3.05, 3.63) is 72.3 Å². The number of nitrogens with one attached hydrogen (secondary N) is 1. The topological polar surface area (TPSA) is 104 Å². The van der Waals surface area contributed by atoms with Crippen LogP contribution in [0.1, 0.15) is 16.9 Å². The van der Waals surface area contributed by atoms with Gasteiger partial charge in [-0.05, 0) is 59.3 Å². The van der Waals surface area contributed by atoms with Gasteiger partial charge < -0.3 is 19.0 Å². The van der Waals surface area contributed by atoms with Crippen LogP contribution in [0.4, 0.5) is 0 Å². The molecule has 30 heavy (non-hydrogen) atoms. The number of hydrazone groups is 1. The van der Waals surface area contributed by atoms with Crippen molar-refractivity contribution in [3.8, 4) is 11.5 Å². The van der Waals surface area contributed by atoms with Crippen LogP contribution < -0.4 is 14.6 Å². The van der Waals surface area contributed by atoms with Crippen molar-refractivity contribution < 1.29 is 23.6 Å². The fourth-order valence-corrected chi connectivity index (χ4v) is 4.36. The predicted molar refractivity (Wildman–Crippen MR) is 124 cm³/mol. The molecule has 0 spiro atoms. The molecule has 0 aliphatic heterocycles. The van der Waals surface area contributed by atoms with Crippen LogP contribution in [0.25, 0.3) is 0 Å². The molecule has 0 heterocycles. The minimum Gasteiger partial charge on any atom is -0.497 e. The largest absolute Gasteiger partial charge is 0.497 e. The number of benzene rings is 2. The standard InChI is InChI=1S/C19H25N3O5P2S/c1-4-13-20-19(29(23,24)25)16-7-11-18(12-8-16)27-28(30)22(2)21-14-15-5-9-17(26-3)10-6-15/h4-12,14,19-20,28H,1,13H2,2-3H3,(H2,23,24,25)/b21-14+. The van der Waals surface area contributed by atoms with Crippen LogP contribution in [0.3, 0.4) is 0 Å². The minimum atomic E-state index is -4.38. The highest BCUT2D eigenvalue weighted by Crippen LogP contribution is 2.50. The Morgan fingerprint density at radius 3 is 2.37 bits per heavy atom. The Kier molecular flexibility index (Phi) is 9.24. The van der Waals surface area contributed by atoms with Crippen molar-refractivity contribution >= 4 is 32.7 Å². The Hall–Kier alpha value is -1.99. The van der Waals surface area contributed by atoms with Gasteiger partial charge in [0.2, 0.25) is 7.07 Å². The van der Waals surface area contributed by atoms with Crippen LogP contribution in [-0.4, -0.2) is 41.5 Å². The Morgan fingerprint density at radius 1 is 1.23 bits per heavy atom. The van der Waals surface area contributed by atoms with E-state index in [9.17, 15) is 14.4 Å².